The van der Waals surface area contributed by atoms with E-state index in [1.165, 1.54) is 18.2 Å². The molecule has 0 saturated carbocycles. The molecular formula is C21H20N4O4S. The van der Waals surface area contributed by atoms with Crippen LogP contribution in [0, 0.1) is 0 Å². The predicted molar refractivity (Wildman–Crippen MR) is 113 cm³/mol. The fourth-order valence-corrected chi connectivity index (χ4v) is 3.80. The number of aliphatic hydroxyl groups is 1. The Kier molecular flexibility index (Phi) is 6.92. The van der Waals surface area contributed by atoms with Crippen LogP contribution >= 0.6 is 0 Å². The lowest BCUT2D eigenvalue weighted by Crippen LogP contribution is -2.14. The summed E-state index contributed by atoms with van der Waals surface area (Å²) in [4.78, 5) is 2.73. The van der Waals surface area contributed by atoms with Crippen LogP contribution in [0.2, 0.25) is 0 Å². The van der Waals surface area contributed by atoms with E-state index >= 15 is 0 Å². The number of hydrogen-bond donors (Lipinski definition) is 2. The summed E-state index contributed by atoms with van der Waals surface area (Å²) in [5.41, 5.74) is 9.93. The molecule has 0 unspecified atom stereocenters. The summed E-state index contributed by atoms with van der Waals surface area (Å²) in [6.07, 6.45) is -1.08. The van der Waals surface area contributed by atoms with E-state index in [1.54, 1.807) is 30.3 Å². The van der Waals surface area contributed by atoms with Crippen molar-refractivity contribution in [3.63, 3.8) is 0 Å². The van der Waals surface area contributed by atoms with E-state index < -0.39 is 16.1 Å². The maximum atomic E-state index is 12.8. The lowest BCUT2D eigenvalue weighted by molar-refractivity contribution is 0.186. The second-order valence-electron chi connectivity index (χ2n) is 6.38. The van der Waals surface area contributed by atoms with Gasteiger partial charge in [0, 0.05) is 4.91 Å². The van der Waals surface area contributed by atoms with Crippen molar-refractivity contribution in [1.29, 1.82) is 0 Å². The molecule has 3 aromatic carbocycles. The Bertz CT molecular complexity index is 1130. The van der Waals surface area contributed by atoms with Crippen LogP contribution in [0.15, 0.2) is 88.9 Å². The average molecular weight is 424 g/mol. The van der Waals surface area contributed by atoms with Crippen molar-refractivity contribution in [2.75, 3.05) is 11.3 Å². The molecule has 0 aliphatic heterocycles. The van der Waals surface area contributed by atoms with Crippen LogP contribution in [0.3, 0.4) is 0 Å². The molecule has 0 heterocycles. The zero-order chi connectivity index (χ0) is 21.4. The zero-order valence-corrected chi connectivity index (χ0v) is 16.7. The summed E-state index contributed by atoms with van der Waals surface area (Å²) in [5, 5.41) is 13.6. The Morgan fingerprint density at radius 2 is 1.70 bits per heavy atom. The first-order valence-corrected chi connectivity index (χ1v) is 10.6. The quantitative estimate of drug-likeness (QED) is 0.300. The van der Waals surface area contributed by atoms with Crippen molar-refractivity contribution >= 4 is 15.7 Å². The highest BCUT2D eigenvalue weighted by Gasteiger charge is 2.18. The van der Waals surface area contributed by atoms with Crippen LogP contribution in [0.1, 0.15) is 17.2 Å². The highest BCUT2D eigenvalue weighted by Crippen LogP contribution is 2.31. The van der Waals surface area contributed by atoms with Gasteiger partial charge in [-0.15, -0.1) is 0 Å². The van der Waals surface area contributed by atoms with Crippen LogP contribution in [0.5, 0.6) is 5.75 Å². The van der Waals surface area contributed by atoms with Crippen molar-refractivity contribution < 1.29 is 18.3 Å². The fraction of sp³-hybridized carbons (Fsp3) is 0.143. The van der Waals surface area contributed by atoms with Crippen molar-refractivity contribution in [2.45, 2.75) is 17.6 Å². The van der Waals surface area contributed by atoms with E-state index in [2.05, 4.69) is 14.7 Å². The molecule has 8 nitrogen and oxygen atoms in total. The molecule has 0 bridgehead atoms. The van der Waals surface area contributed by atoms with Crippen molar-refractivity contribution in [3.8, 4) is 5.75 Å². The van der Waals surface area contributed by atoms with Gasteiger partial charge < -0.3 is 9.84 Å². The summed E-state index contributed by atoms with van der Waals surface area (Å²) < 4.78 is 33.9. The SMILES string of the molecule is [N-]=[N+]=NC[C@H](O)c1ccc(OCc2ccccc2)c(NS(=O)(=O)c2ccccc2)c1. The van der Waals surface area contributed by atoms with Gasteiger partial charge in [-0.25, -0.2) is 8.42 Å². The Hall–Kier alpha value is -3.52. The van der Waals surface area contributed by atoms with Gasteiger partial charge in [-0.2, -0.15) is 0 Å². The van der Waals surface area contributed by atoms with E-state index in [-0.39, 0.29) is 23.7 Å². The minimum Gasteiger partial charge on any atom is -0.487 e. The molecule has 0 aliphatic rings. The Labute approximate surface area is 174 Å². The Morgan fingerprint density at radius 1 is 1.03 bits per heavy atom. The van der Waals surface area contributed by atoms with Crippen LogP contribution < -0.4 is 9.46 Å². The molecule has 0 aromatic heterocycles. The van der Waals surface area contributed by atoms with Crippen molar-refractivity contribution in [1.82, 2.24) is 0 Å². The van der Waals surface area contributed by atoms with Crippen molar-refractivity contribution in [2.24, 2.45) is 5.11 Å². The number of ether oxygens (including phenoxy) is 1. The zero-order valence-electron chi connectivity index (χ0n) is 15.9. The molecule has 0 fully saturated rings. The number of hydrogen-bond acceptors (Lipinski definition) is 5. The minimum absolute atomic E-state index is 0.0963. The van der Waals surface area contributed by atoms with Crippen LogP contribution in [0.4, 0.5) is 5.69 Å². The van der Waals surface area contributed by atoms with Gasteiger partial charge in [0.15, 0.2) is 0 Å². The van der Waals surface area contributed by atoms with Crippen LogP contribution in [-0.4, -0.2) is 20.1 Å². The van der Waals surface area contributed by atoms with E-state index in [1.807, 2.05) is 30.3 Å². The lowest BCUT2D eigenvalue weighted by atomic mass is 10.1. The highest BCUT2D eigenvalue weighted by atomic mass is 32.2. The van der Waals surface area contributed by atoms with Gasteiger partial charge in [0.05, 0.1) is 23.2 Å². The molecule has 0 radical (unpaired) electrons. The Balaban J connectivity index is 1.92. The van der Waals surface area contributed by atoms with Gasteiger partial charge in [-0.05, 0) is 40.9 Å². The third kappa shape index (κ3) is 5.51. The lowest BCUT2D eigenvalue weighted by Gasteiger charge is -2.17. The molecular weight excluding hydrogens is 404 g/mol. The van der Waals surface area contributed by atoms with E-state index in [0.717, 1.165) is 5.56 Å². The molecule has 3 rings (SSSR count). The van der Waals surface area contributed by atoms with Gasteiger partial charge in [0.25, 0.3) is 10.0 Å². The predicted octanol–water partition coefficient (Wildman–Crippen LogP) is 4.41. The maximum absolute atomic E-state index is 12.8. The molecule has 9 heteroatoms. The number of benzene rings is 3. The third-order valence-electron chi connectivity index (χ3n) is 4.24. The van der Waals surface area contributed by atoms with Crippen LogP contribution in [-0.2, 0) is 16.6 Å². The van der Waals surface area contributed by atoms with Gasteiger partial charge in [0.2, 0.25) is 0 Å². The largest absolute Gasteiger partial charge is 0.487 e. The molecule has 0 spiro atoms. The molecule has 30 heavy (non-hydrogen) atoms. The van der Waals surface area contributed by atoms with Crippen LogP contribution in [0.25, 0.3) is 10.4 Å². The first-order valence-electron chi connectivity index (χ1n) is 9.07. The number of nitrogens with zero attached hydrogens (tertiary/aromatic N) is 3. The van der Waals surface area contributed by atoms with Gasteiger partial charge in [-0.1, -0.05) is 59.7 Å². The van der Waals surface area contributed by atoms with E-state index in [9.17, 15) is 13.5 Å². The fourth-order valence-electron chi connectivity index (χ4n) is 2.72. The van der Waals surface area contributed by atoms with Gasteiger partial charge >= 0.3 is 0 Å². The molecule has 0 saturated heterocycles. The summed E-state index contributed by atoms with van der Waals surface area (Å²) in [7, 11) is -3.87. The normalized spacial score (nSPS) is 11.9. The minimum atomic E-state index is -3.87. The average Bonchev–Trinajstić information content (AvgIpc) is 2.77. The smallest absolute Gasteiger partial charge is 0.262 e. The molecule has 2 N–H and O–H groups in total. The topological polar surface area (TPSA) is 124 Å². The van der Waals surface area contributed by atoms with E-state index in [0.29, 0.717) is 11.3 Å². The summed E-state index contributed by atoms with van der Waals surface area (Å²) in [6, 6.07) is 22.0. The number of sulfonamides is 1. The molecule has 154 valence electrons. The Morgan fingerprint density at radius 3 is 2.37 bits per heavy atom. The monoisotopic (exact) mass is 424 g/mol. The number of rotatable bonds is 9. The van der Waals surface area contributed by atoms with Gasteiger partial charge in [0.1, 0.15) is 12.4 Å². The standard InChI is InChI=1S/C21H20N4O4S/c22-25-23-14-20(26)17-11-12-21(29-15-16-7-3-1-4-8-16)19(13-17)24-30(27,28)18-9-5-2-6-10-18/h1-13,20,24,26H,14-15H2/t20-/m0/s1. The first-order chi connectivity index (χ1) is 14.5. The summed E-state index contributed by atoms with van der Waals surface area (Å²) >= 11 is 0. The second kappa shape index (κ2) is 9.80. The van der Waals surface area contributed by atoms with Gasteiger partial charge in [-0.3, -0.25) is 4.72 Å². The number of aliphatic hydroxyl groups excluding tert-OH is 1. The highest BCUT2D eigenvalue weighted by molar-refractivity contribution is 7.92. The number of anilines is 1. The molecule has 1 atom stereocenters. The summed E-state index contributed by atoms with van der Waals surface area (Å²) in [5.74, 6) is 0.304. The second-order valence-corrected chi connectivity index (χ2v) is 8.06. The maximum Gasteiger partial charge on any atom is 0.262 e. The number of azide groups is 1. The molecule has 0 amide bonds. The molecule has 0 aliphatic carbocycles. The number of nitrogens with one attached hydrogen (secondary N) is 1. The molecule has 3 aromatic rings. The van der Waals surface area contributed by atoms with Crippen molar-refractivity contribution in [3.05, 3.63) is 100 Å². The summed E-state index contributed by atoms with van der Waals surface area (Å²) in [6.45, 7) is 0.0626. The van der Waals surface area contributed by atoms with E-state index in [4.69, 9.17) is 10.3 Å². The first kappa shape index (κ1) is 21.2. The third-order valence-corrected chi connectivity index (χ3v) is 5.62.